The molecular formula is C14H14N2OS. The number of benzene rings is 1. The van der Waals surface area contributed by atoms with Crippen molar-refractivity contribution in [3.63, 3.8) is 0 Å². The van der Waals surface area contributed by atoms with E-state index in [2.05, 4.69) is 22.9 Å². The summed E-state index contributed by atoms with van der Waals surface area (Å²) < 4.78 is 0. The average molecular weight is 258 g/mol. The molecule has 4 heteroatoms. The van der Waals surface area contributed by atoms with Crippen LogP contribution in [0.4, 0.5) is 5.69 Å². The van der Waals surface area contributed by atoms with Gasteiger partial charge in [-0.25, -0.2) is 0 Å². The maximum absolute atomic E-state index is 11.9. The molecule has 1 amide bonds. The largest absolute Gasteiger partial charge is 0.324 e. The summed E-state index contributed by atoms with van der Waals surface area (Å²) in [4.78, 5) is 15.8. The standard InChI is InChI=1S/C14H14N2OS/c17-14(16-12-7-4-8-15-10-12)13(18)9-11-5-2-1-3-6-11/h1-8,10,13,18H,9H2,(H,16,17). The number of nitrogens with zero attached hydrogens (tertiary/aromatic N) is 1. The van der Waals surface area contributed by atoms with Crippen molar-refractivity contribution in [3.05, 3.63) is 60.4 Å². The Bertz CT molecular complexity index is 502. The number of carbonyl (C=O) groups is 1. The highest BCUT2D eigenvalue weighted by atomic mass is 32.1. The van der Waals surface area contributed by atoms with Gasteiger partial charge in [-0.15, -0.1) is 0 Å². The Labute approximate surface area is 112 Å². The van der Waals surface area contributed by atoms with Crippen molar-refractivity contribution in [3.8, 4) is 0 Å². The maximum Gasteiger partial charge on any atom is 0.237 e. The smallest absolute Gasteiger partial charge is 0.237 e. The molecule has 0 spiro atoms. The van der Waals surface area contributed by atoms with Gasteiger partial charge in [-0.1, -0.05) is 30.3 Å². The minimum absolute atomic E-state index is 0.116. The second kappa shape index (κ2) is 6.21. The summed E-state index contributed by atoms with van der Waals surface area (Å²) in [5.41, 5.74) is 1.79. The minimum atomic E-state index is -0.368. The van der Waals surface area contributed by atoms with Crippen LogP contribution in [0.15, 0.2) is 54.9 Å². The van der Waals surface area contributed by atoms with Gasteiger partial charge in [0.05, 0.1) is 17.1 Å². The zero-order chi connectivity index (χ0) is 12.8. The van der Waals surface area contributed by atoms with Gasteiger partial charge < -0.3 is 5.32 Å². The second-order valence-electron chi connectivity index (χ2n) is 3.94. The molecule has 0 fully saturated rings. The number of thiol groups is 1. The third-order valence-corrected chi connectivity index (χ3v) is 2.92. The Morgan fingerprint density at radius 3 is 2.67 bits per heavy atom. The number of anilines is 1. The van der Waals surface area contributed by atoms with Crippen LogP contribution < -0.4 is 5.32 Å². The SMILES string of the molecule is O=C(Nc1cccnc1)C(S)Cc1ccccc1. The van der Waals surface area contributed by atoms with Crippen LogP contribution >= 0.6 is 12.6 Å². The van der Waals surface area contributed by atoms with Gasteiger partial charge in [0.15, 0.2) is 0 Å². The highest BCUT2D eigenvalue weighted by molar-refractivity contribution is 7.81. The number of rotatable bonds is 4. The molecular weight excluding hydrogens is 244 g/mol. The van der Waals surface area contributed by atoms with E-state index in [4.69, 9.17) is 0 Å². The Hall–Kier alpha value is -1.81. The number of amides is 1. The number of aromatic nitrogens is 1. The quantitative estimate of drug-likeness (QED) is 0.828. The van der Waals surface area contributed by atoms with Crippen LogP contribution in [0.2, 0.25) is 0 Å². The fraction of sp³-hybridized carbons (Fsp3) is 0.143. The molecule has 3 nitrogen and oxygen atoms in total. The van der Waals surface area contributed by atoms with Crippen LogP contribution in [0.1, 0.15) is 5.56 Å². The molecule has 1 N–H and O–H groups in total. The van der Waals surface area contributed by atoms with Gasteiger partial charge in [0.1, 0.15) is 0 Å². The lowest BCUT2D eigenvalue weighted by molar-refractivity contribution is -0.115. The first-order chi connectivity index (χ1) is 8.75. The molecule has 1 heterocycles. The normalized spacial score (nSPS) is 11.8. The van der Waals surface area contributed by atoms with Crippen molar-refractivity contribution in [2.75, 3.05) is 5.32 Å². The molecule has 1 atom stereocenters. The van der Waals surface area contributed by atoms with Gasteiger partial charge in [0.2, 0.25) is 5.91 Å². The molecule has 0 saturated carbocycles. The van der Waals surface area contributed by atoms with E-state index in [1.807, 2.05) is 30.3 Å². The Morgan fingerprint density at radius 1 is 1.22 bits per heavy atom. The number of carbonyl (C=O) groups excluding carboxylic acids is 1. The summed E-state index contributed by atoms with van der Waals surface area (Å²) in [6, 6.07) is 13.4. The van der Waals surface area contributed by atoms with Gasteiger partial charge in [0.25, 0.3) is 0 Å². The van der Waals surface area contributed by atoms with Gasteiger partial charge >= 0.3 is 0 Å². The molecule has 92 valence electrons. The maximum atomic E-state index is 11.9. The number of hydrogen-bond donors (Lipinski definition) is 2. The summed E-state index contributed by atoms with van der Waals surface area (Å²) >= 11 is 4.33. The number of hydrogen-bond acceptors (Lipinski definition) is 3. The molecule has 2 aromatic rings. The second-order valence-corrected chi connectivity index (χ2v) is 4.56. The number of pyridine rings is 1. The lowest BCUT2D eigenvalue weighted by Crippen LogP contribution is -2.25. The summed E-state index contributed by atoms with van der Waals surface area (Å²) in [5.74, 6) is -0.116. The minimum Gasteiger partial charge on any atom is -0.324 e. The molecule has 0 bridgehead atoms. The van der Waals surface area contributed by atoms with E-state index in [0.29, 0.717) is 12.1 Å². The van der Waals surface area contributed by atoms with E-state index in [1.54, 1.807) is 24.5 Å². The summed E-state index contributed by atoms with van der Waals surface area (Å²) in [6.45, 7) is 0. The van der Waals surface area contributed by atoms with Crippen molar-refractivity contribution in [1.29, 1.82) is 0 Å². The van der Waals surface area contributed by atoms with Crippen LogP contribution in [-0.4, -0.2) is 16.1 Å². The molecule has 0 aliphatic rings. The summed E-state index contributed by atoms with van der Waals surface area (Å²) in [5, 5.41) is 2.42. The third-order valence-electron chi connectivity index (χ3n) is 2.50. The van der Waals surface area contributed by atoms with E-state index >= 15 is 0 Å². The monoisotopic (exact) mass is 258 g/mol. The van der Waals surface area contributed by atoms with Crippen molar-refractivity contribution in [1.82, 2.24) is 4.98 Å². The molecule has 0 aliphatic heterocycles. The van der Waals surface area contributed by atoms with Crippen molar-refractivity contribution >= 4 is 24.2 Å². The van der Waals surface area contributed by atoms with E-state index in [9.17, 15) is 4.79 Å². The first-order valence-electron chi connectivity index (χ1n) is 5.68. The van der Waals surface area contributed by atoms with E-state index < -0.39 is 0 Å². The zero-order valence-corrected chi connectivity index (χ0v) is 10.7. The van der Waals surface area contributed by atoms with Crippen LogP contribution in [0.5, 0.6) is 0 Å². The first kappa shape index (κ1) is 12.6. The van der Waals surface area contributed by atoms with E-state index in [-0.39, 0.29) is 11.2 Å². The number of nitrogens with one attached hydrogen (secondary N) is 1. The van der Waals surface area contributed by atoms with Crippen molar-refractivity contribution in [2.45, 2.75) is 11.7 Å². The molecule has 1 aromatic heterocycles. The zero-order valence-electron chi connectivity index (χ0n) is 9.78. The first-order valence-corrected chi connectivity index (χ1v) is 6.20. The van der Waals surface area contributed by atoms with Crippen LogP contribution in [-0.2, 0) is 11.2 Å². The van der Waals surface area contributed by atoms with Crippen LogP contribution in [0.25, 0.3) is 0 Å². The van der Waals surface area contributed by atoms with E-state index in [1.165, 1.54) is 0 Å². The highest BCUT2D eigenvalue weighted by Gasteiger charge is 2.14. The molecule has 18 heavy (non-hydrogen) atoms. The fourth-order valence-electron chi connectivity index (χ4n) is 1.59. The molecule has 2 rings (SSSR count). The van der Waals surface area contributed by atoms with Crippen molar-refractivity contribution < 1.29 is 4.79 Å². The molecule has 0 radical (unpaired) electrons. The predicted octanol–water partition coefficient (Wildman–Crippen LogP) is 2.56. The van der Waals surface area contributed by atoms with Gasteiger partial charge in [-0.3, -0.25) is 9.78 Å². The Balaban J connectivity index is 1.93. The summed E-state index contributed by atoms with van der Waals surface area (Å²) in [6.07, 6.45) is 3.88. The van der Waals surface area contributed by atoms with E-state index in [0.717, 1.165) is 5.56 Å². The molecule has 1 unspecified atom stereocenters. The Morgan fingerprint density at radius 2 is 2.00 bits per heavy atom. The Kier molecular flexibility index (Phi) is 4.36. The predicted molar refractivity (Wildman–Crippen MR) is 75.8 cm³/mol. The van der Waals surface area contributed by atoms with Gasteiger partial charge in [-0.2, -0.15) is 12.6 Å². The lowest BCUT2D eigenvalue weighted by atomic mass is 10.1. The highest BCUT2D eigenvalue weighted by Crippen LogP contribution is 2.11. The van der Waals surface area contributed by atoms with Gasteiger partial charge in [0, 0.05) is 6.20 Å². The topological polar surface area (TPSA) is 42.0 Å². The molecule has 0 aliphatic carbocycles. The fourth-order valence-corrected chi connectivity index (χ4v) is 1.87. The van der Waals surface area contributed by atoms with Crippen LogP contribution in [0.3, 0.4) is 0 Å². The van der Waals surface area contributed by atoms with Crippen molar-refractivity contribution in [2.24, 2.45) is 0 Å². The van der Waals surface area contributed by atoms with Crippen LogP contribution in [0, 0.1) is 0 Å². The molecule has 1 aromatic carbocycles. The van der Waals surface area contributed by atoms with Gasteiger partial charge in [-0.05, 0) is 24.1 Å². The summed E-state index contributed by atoms with van der Waals surface area (Å²) in [7, 11) is 0. The lowest BCUT2D eigenvalue weighted by Gasteiger charge is -2.11. The third kappa shape index (κ3) is 3.60. The average Bonchev–Trinajstić information content (AvgIpc) is 2.41. The molecule has 0 saturated heterocycles.